The number of allylic oxidation sites excluding steroid dienone is 1. The van der Waals surface area contributed by atoms with Crippen LogP contribution in [0.15, 0.2) is 66.2 Å². The fraction of sp³-hybridized carbons (Fsp3) is 0.346. The summed E-state index contributed by atoms with van der Waals surface area (Å²) in [6, 6.07) is 14.7. The summed E-state index contributed by atoms with van der Waals surface area (Å²) in [5, 5.41) is 2.82. The molecule has 1 saturated heterocycles. The number of anilines is 2. The molecule has 1 fully saturated rings. The molecule has 7 heteroatoms. The number of amides is 4. The first-order valence-corrected chi connectivity index (χ1v) is 11.4. The molecule has 1 aliphatic heterocycles. The number of imide groups is 1. The van der Waals surface area contributed by atoms with Crippen LogP contribution in [0.1, 0.15) is 38.5 Å². The van der Waals surface area contributed by atoms with Gasteiger partial charge in [-0.15, -0.1) is 0 Å². The van der Waals surface area contributed by atoms with Crippen molar-refractivity contribution in [1.29, 1.82) is 0 Å². The number of rotatable bonds is 8. The van der Waals surface area contributed by atoms with E-state index in [9.17, 15) is 14.4 Å². The predicted molar refractivity (Wildman–Crippen MR) is 127 cm³/mol. The number of carbonyl (C=O) groups excluding carboxylic acids is 3. The summed E-state index contributed by atoms with van der Waals surface area (Å²) in [6.07, 6.45) is 7.31. The molecular formula is C26H29N3O4. The van der Waals surface area contributed by atoms with Gasteiger partial charge < -0.3 is 15.0 Å². The third kappa shape index (κ3) is 5.25. The number of nitrogens with one attached hydrogen (secondary N) is 1. The Labute approximate surface area is 194 Å². The van der Waals surface area contributed by atoms with E-state index in [0.717, 1.165) is 25.7 Å². The minimum absolute atomic E-state index is 0.0982. The number of para-hydroxylation sites is 1. The number of benzene rings is 2. The number of nitrogens with zero attached hydrogens (tertiary/aromatic N) is 2. The minimum atomic E-state index is -0.833. The van der Waals surface area contributed by atoms with Crippen molar-refractivity contribution in [2.24, 2.45) is 0 Å². The second-order valence-electron chi connectivity index (χ2n) is 8.34. The SMILES string of the molecule is COc1ccc(NC(=O)C[C@H]2C(=O)N(c3ccccc3)C(=O)N2CCC2=CCCCC2)cc1. The maximum atomic E-state index is 13.3. The van der Waals surface area contributed by atoms with E-state index in [0.29, 0.717) is 23.7 Å². The first-order valence-electron chi connectivity index (χ1n) is 11.4. The van der Waals surface area contributed by atoms with E-state index in [1.165, 1.54) is 16.9 Å². The van der Waals surface area contributed by atoms with Crippen LogP contribution in [0.5, 0.6) is 5.75 Å². The van der Waals surface area contributed by atoms with Gasteiger partial charge in [-0.3, -0.25) is 9.59 Å². The van der Waals surface area contributed by atoms with Gasteiger partial charge in [-0.2, -0.15) is 0 Å². The molecule has 172 valence electrons. The summed E-state index contributed by atoms with van der Waals surface area (Å²) in [4.78, 5) is 42.1. The van der Waals surface area contributed by atoms with Gasteiger partial charge in [-0.1, -0.05) is 29.8 Å². The van der Waals surface area contributed by atoms with Crippen LogP contribution in [0, 0.1) is 0 Å². The Bertz CT molecular complexity index is 1030. The average Bonchev–Trinajstić information content (AvgIpc) is 3.08. The highest BCUT2D eigenvalue weighted by atomic mass is 16.5. The molecule has 0 radical (unpaired) electrons. The molecule has 1 heterocycles. The predicted octanol–water partition coefficient (Wildman–Crippen LogP) is 4.75. The number of ether oxygens (including phenoxy) is 1. The van der Waals surface area contributed by atoms with Gasteiger partial charge in [0.05, 0.1) is 19.2 Å². The minimum Gasteiger partial charge on any atom is -0.497 e. The van der Waals surface area contributed by atoms with Crippen LogP contribution >= 0.6 is 0 Å². The molecule has 4 rings (SSSR count). The number of hydrogen-bond donors (Lipinski definition) is 1. The fourth-order valence-corrected chi connectivity index (χ4v) is 4.36. The van der Waals surface area contributed by atoms with Gasteiger partial charge in [0.25, 0.3) is 5.91 Å². The van der Waals surface area contributed by atoms with E-state index in [1.807, 2.05) is 6.07 Å². The maximum Gasteiger partial charge on any atom is 0.332 e. The zero-order valence-corrected chi connectivity index (χ0v) is 18.8. The Balaban J connectivity index is 1.50. The van der Waals surface area contributed by atoms with Gasteiger partial charge in [0.1, 0.15) is 11.8 Å². The molecule has 0 saturated carbocycles. The van der Waals surface area contributed by atoms with Crippen LogP contribution < -0.4 is 15.0 Å². The third-order valence-electron chi connectivity index (χ3n) is 6.14. The topological polar surface area (TPSA) is 79.0 Å². The highest BCUT2D eigenvalue weighted by Crippen LogP contribution is 2.29. The van der Waals surface area contributed by atoms with Gasteiger partial charge in [0.15, 0.2) is 0 Å². The largest absolute Gasteiger partial charge is 0.497 e. The molecule has 0 bridgehead atoms. The lowest BCUT2D eigenvalue weighted by Crippen LogP contribution is -2.38. The van der Waals surface area contributed by atoms with Crippen molar-refractivity contribution in [3.63, 3.8) is 0 Å². The molecule has 2 aromatic carbocycles. The molecule has 0 spiro atoms. The quantitative estimate of drug-likeness (QED) is 0.468. The Morgan fingerprint density at radius 2 is 1.82 bits per heavy atom. The van der Waals surface area contributed by atoms with E-state index >= 15 is 0 Å². The van der Waals surface area contributed by atoms with Crippen molar-refractivity contribution < 1.29 is 19.1 Å². The van der Waals surface area contributed by atoms with Crippen molar-refractivity contribution >= 4 is 29.2 Å². The van der Waals surface area contributed by atoms with Crippen LogP contribution in [0.3, 0.4) is 0 Å². The number of carbonyl (C=O) groups is 3. The second-order valence-corrected chi connectivity index (χ2v) is 8.34. The van der Waals surface area contributed by atoms with E-state index in [1.54, 1.807) is 60.5 Å². The molecular weight excluding hydrogens is 418 g/mol. The third-order valence-corrected chi connectivity index (χ3v) is 6.14. The van der Waals surface area contributed by atoms with E-state index in [2.05, 4.69) is 11.4 Å². The van der Waals surface area contributed by atoms with Gasteiger partial charge in [-0.05, 0) is 68.5 Å². The molecule has 33 heavy (non-hydrogen) atoms. The van der Waals surface area contributed by atoms with Crippen molar-refractivity contribution in [2.75, 3.05) is 23.9 Å². The van der Waals surface area contributed by atoms with Gasteiger partial charge in [-0.25, -0.2) is 9.69 Å². The highest BCUT2D eigenvalue weighted by Gasteiger charge is 2.46. The molecule has 1 N–H and O–H groups in total. The molecule has 4 amide bonds. The summed E-state index contributed by atoms with van der Waals surface area (Å²) in [7, 11) is 1.58. The molecule has 0 unspecified atom stereocenters. The Hall–Kier alpha value is -3.61. The Morgan fingerprint density at radius 3 is 2.48 bits per heavy atom. The van der Waals surface area contributed by atoms with Crippen LogP contribution in [-0.4, -0.2) is 42.4 Å². The number of hydrogen-bond acceptors (Lipinski definition) is 4. The number of methoxy groups -OCH3 is 1. The normalized spacial score (nSPS) is 18.3. The standard InChI is InChI=1S/C26H29N3O4/c1-33-22-14-12-20(13-15-22)27-24(30)18-23-25(31)29(21-10-6-3-7-11-21)26(32)28(23)17-16-19-8-4-2-5-9-19/h3,6-8,10-15,23H,2,4-5,9,16-18H2,1H3,(H,27,30)/t23-/m0/s1. The summed E-state index contributed by atoms with van der Waals surface area (Å²) < 4.78 is 5.14. The summed E-state index contributed by atoms with van der Waals surface area (Å²) in [5.74, 6) is 0.00285. The van der Waals surface area contributed by atoms with E-state index in [4.69, 9.17) is 4.74 Å². The van der Waals surface area contributed by atoms with Crippen LogP contribution in [0.25, 0.3) is 0 Å². The molecule has 2 aliphatic rings. The van der Waals surface area contributed by atoms with Crippen molar-refractivity contribution in [2.45, 2.75) is 44.6 Å². The van der Waals surface area contributed by atoms with Crippen molar-refractivity contribution in [3.05, 3.63) is 66.2 Å². The maximum absolute atomic E-state index is 13.3. The van der Waals surface area contributed by atoms with Gasteiger partial charge in [0, 0.05) is 12.2 Å². The monoisotopic (exact) mass is 447 g/mol. The summed E-state index contributed by atoms with van der Waals surface area (Å²) >= 11 is 0. The lowest BCUT2D eigenvalue weighted by Gasteiger charge is -2.23. The summed E-state index contributed by atoms with van der Waals surface area (Å²) in [6.45, 7) is 0.417. The second kappa shape index (κ2) is 10.3. The van der Waals surface area contributed by atoms with E-state index < -0.39 is 6.04 Å². The average molecular weight is 448 g/mol. The Kier molecular flexibility index (Phi) is 7.07. The summed E-state index contributed by atoms with van der Waals surface area (Å²) in [5.41, 5.74) is 2.45. The zero-order chi connectivity index (χ0) is 23.2. The van der Waals surface area contributed by atoms with Crippen LogP contribution in [0.2, 0.25) is 0 Å². The lowest BCUT2D eigenvalue weighted by molar-refractivity contribution is -0.124. The molecule has 0 aromatic heterocycles. The smallest absolute Gasteiger partial charge is 0.332 e. The zero-order valence-electron chi connectivity index (χ0n) is 18.8. The van der Waals surface area contributed by atoms with Crippen LogP contribution in [0.4, 0.5) is 16.2 Å². The number of urea groups is 1. The lowest BCUT2D eigenvalue weighted by atomic mass is 9.97. The fourth-order valence-electron chi connectivity index (χ4n) is 4.36. The molecule has 7 nitrogen and oxygen atoms in total. The molecule has 1 atom stereocenters. The highest BCUT2D eigenvalue weighted by molar-refractivity contribution is 6.22. The first kappa shape index (κ1) is 22.6. The van der Waals surface area contributed by atoms with Gasteiger partial charge in [0.2, 0.25) is 5.91 Å². The molecule has 1 aliphatic carbocycles. The Morgan fingerprint density at radius 1 is 1.06 bits per heavy atom. The van der Waals surface area contributed by atoms with Crippen molar-refractivity contribution in [1.82, 2.24) is 4.90 Å². The first-order chi connectivity index (χ1) is 16.1. The van der Waals surface area contributed by atoms with Crippen LogP contribution in [-0.2, 0) is 9.59 Å². The van der Waals surface area contributed by atoms with Gasteiger partial charge >= 0.3 is 6.03 Å². The van der Waals surface area contributed by atoms with Crippen molar-refractivity contribution in [3.8, 4) is 5.75 Å². The van der Waals surface area contributed by atoms with E-state index in [-0.39, 0.29) is 24.3 Å². The molecule has 2 aromatic rings.